The maximum absolute atomic E-state index is 12.1. The van der Waals surface area contributed by atoms with Gasteiger partial charge in [-0.05, 0) is 38.1 Å². The Morgan fingerprint density at radius 2 is 2.08 bits per heavy atom. The number of hydrogen-bond donors (Lipinski definition) is 0. The molecule has 0 amide bonds. The van der Waals surface area contributed by atoms with Crippen LogP contribution in [0.25, 0.3) is 0 Å². The molecule has 0 N–H and O–H groups in total. The van der Waals surface area contributed by atoms with Crippen LogP contribution in [0.2, 0.25) is 0 Å². The van der Waals surface area contributed by atoms with Crippen molar-refractivity contribution in [2.75, 3.05) is 19.0 Å². The molecule has 0 radical (unpaired) electrons. The van der Waals surface area contributed by atoms with Crippen LogP contribution in [-0.2, 0) is 14.3 Å². The molecule has 0 aliphatic rings. The molecule has 1 atom stereocenters. The first kappa shape index (κ1) is 19.9. The lowest BCUT2D eigenvalue weighted by molar-refractivity contribution is -0.145. The van der Waals surface area contributed by atoms with E-state index >= 15 is 0 Å². The summed E-state index contributed by atoms with van der Waals surface area (Å²) in [7, 11) is 0. The van der Waals surface area contributed by atoms with Gasteiger partial charge in [-0.1, -0.05) is 0 Å². The highest BCUT2D eigenvalue weighted by atomic mass is 32.2. The zero-order valence-corrected chi connectivity index (χ0v) is 16.1. The number of Topliss-reactive ketones (excluding diaryl/α,β-unsaturated/α-hetero) is 1. The van der Waals surface area contributed by atoms with Crippen molar-refractivity contribution in [2.24, 2.45) is 0 Å². The van der Waals surface area contributed by atoms with Crippen LogP contribution in [-0.4, -0.2) is 35.7 Å². The van der Waals surface area contributed by atoms with E-state index in [2.05, 4.69) is 4.98 Å². The summed E-state index contributed by atoms with van der Waals surface area (Å²) in [6.07, 6.45) is 0. The summed E-state index contributed by atoms with van der Waals surface area (Å²) in [5, 5.41) is 11.4. The van der Waals surface area contributed by atoms with Gasteiger partial charge in [-0.25, -0.2) is 4.98 Å². The lowest BCUT2D eigenvalue weighted by Crippen LogP contribution is -2.20. The molecule has 1 aromatic carbocycles. The van der Waals surface area contributed by atoms with Gasteiger partial charge in [0.25, 0.3) is 0 Å². The van der Waals surface area contributed by atoms with Gasteiger partial charge < -0.3 is 9.47 Å². The van der Waals surface area contributed by atoms with Crippen molar-refractivity contribution >= 4 is 34.9 Å². The molecular formula is C18H18N2O4S2. The molecule has 0 fully saturated rings. The molecule has 0 unspecified atom stereocenters. The van der Waals surface area contributed by atoms with E-state index in [9.17, 15) is 14.9 Å². The predicted octanol–water partition coefficient (Wildman–Crippen LogP) is 3.36. The van der Waals surface area contributed by atoms with Crippen molar-refractivity contribution in [3.63, 3.8) is 0 Å². The molecule has 0 saturated carbocycles. The van der Waals surface area contributed by atoms with Gasteiger partial charge in [0.2, 0.25) is 0 Å². The molecule has 2 rings (SSSR count). The molecule has 1 heterocycles. The summed E-state index contributed by atoms with van der Waals surface area (Å²) < 4.78 is 10.3. The Bertz CT molecular complexity index is 796. The lowest BCUT2D eigenvalue weighted by Gasteiger charge is -2.07. The first-order chi connectivity index (χ1) is 12.5. The van der Waals surface area contributed by atoms with Crippen LogP contribution in [0.15, 0.2) is 34.5 Å². The van der Waals surface area contributed by atoms with E-state index in [-0.39, 0.29) is 5.75 Å². The second-order valence-electron chi connectivity index (χ2n) is 5.21. The first-order valence-electron chi connectivity index (χ1n) is 7.89. The Balaban J connectivity index is 1.78. The second-order valence-corrected chi connectivity index (χ2v) is 7.15. The van der Waals surface area contributed by atoms with Gasteiger partial charge >= 0.3 is 5.97 Å². The maximum Gasteiger partial charge on any atom is 0.316 e. The Hall–Kier alpha value is -2.37. The number of carbonyl (C=O) groups excluding carboxylic acids is 2. The second kappa shape index (κ2) is 9.94. The minimum atomic E-state index is -1.000. The fourth-order valence-electron chi connectivity index (χ4n) is 1.99. The number of hydrogen-bond acceptors (Lipinski definition) is 8. The minimum Gasteiger partial charge on any atom is -0.494 e. The number of benzene rings is 1. The van der Waals surface area contributed by atoms with Gasteiger partial charge in [-0.15, -0.1) is 23.1 Å². The van der Waals surface area contributed by atoms with Gasteiger partial charge in [-0.2, -0.15) is 5.26 Å². The van der Waals surface area contributed by atoms with Crippen molar-refractivity contribution in [3.8, 4) is 11.8 Å². The standard InChI is InChI=1S/C18H18N2O4S2/c1-3-23-13-4-6-14(7-5-13)25-11-17(22)24-9-16(21)15(8-19)18-20-12(2)10-26-18/h4-7,10,15H,3,9,11H2,1-2H3/t15-/m0/s1. The molecule has 0 bridgehead atoms. The van der Waals surface area contributed by atoms with Crippen molar-refractivity contribution in [2.45, 2.75) is 24.7 Å². The Kier molecular flexibility index (Phi) is 7.63. The molecule has 6 nitrogen and oxygen atoms in total. The number of ketones is 1. The number of rotatable bonds is 9. The summed E-state index contributed by atoms with van der Waals surface area (Å²) >= 11 is 2.55. The number of nitrogens with zero attached hydrogens (tertiary/aromatic N) is 2. The molecule has 0 aliphatic heterocycles. The normalized spacial score (nSPS) is 11.4. The number of thiazole rings is 1. The Morgan fingerprint density at radius 3 is 2.65 bits per heavy atom. The van der Waals surface area contributed by atoms with Gasteiger partial charge in [0.05, 0.1) is 18.4 Å². The lowest BCUT2D eigenvalue weighted by atomic mass is 10.1. The van der Waals surface area contributed by atoms with E-state index in [1.807, 2.05) is 37.3 Å². The fraction of sp³-hybridized carbons (Fsp3) is 0.333. The SMILES string of the molecule is CCOc1ccc(SCC(=O)OCC(=O)[C@H](C#N)c2nc(C)cs2)cc1. The molecule has 136 valence electrons. The van der Waals surface area contributed by atoms with Crippen molar-refractivity contribution in [1.29, 1.82) is 5.26 Å². The number of ether oxygens (including phenoxy) is 2. The molecule has 0 aliphatic carbocycles. The van der Waals surface area contributed by atoms with Gasteiger partial charge in [-0.3, -0.25) is 9.59 Å². The van der Waals surface area contributed by atoms with Crippen LogP contribution < -0.4 is 4.74 Å². The average molecular weight is 390 g/mol. The number of thioether (sulfide) groups is 1. The van der Waals surface area contributed by atoms with Gasteiger partial charge in [0, 0.05) is 16.0 Å². The quantitative estimate of drug-likeness (QED) is 0.479. The molecule has 0 spiro atoms. The van der Waals surface area contributed by atoms with Gasteiger partial charge in [0.15, 0.2) is 18.3 Å². The summed E-state index contributed by atoms with van der Waals surface area (Å²) in [4.78, 5) is 29.0. The Morgan fingerprint density at radius 1 is 1.35 bits per heavy atom. The third-order valence-electron chi connectivity index (χ3n) is 3.20. The highest BCUT2D eigenvalue weighted by Crippen LogP contribution is 2.22. The van der Waals surface area contributed by atoms with Crippen molar-refractivity contribution in [1.82, 2.24) is 4.98 Å². The number of esters is 1. The monoisotopic (exact) mass is 390 g/mol. The van der Waals surface area contributed by atoms with Crippen LogP contribution in [0, 0.1) is 18.3 Å². The van der Waals surface area contributed by atoms with E-state index in [0.717, 1.165) is 16.3 Å². The fourth-order valence-corrected chi connectivity index (χ4v) is 3.54. The topological polar surface area (TPSA) is 89.3 Å². The van der Waals surface area contributed by atoms with E-state index in [4.69, 9.17) is 9.47 Å². The van der Waals surface area contributed by atoms with Crippen molar-refractivity contribution in [3.05, 3.63) is 40.3 Å². The zero-order valence-electron chi connectivity index (χ0n) is 14.4. The molecular weight excluding hydrogens is 372 g/mol. The summed E-state index contributed by atoms with van der Waals surface area (Å²) in [5.41, 5.74) is 0.752. The van der Waals surface area contributed by atoms with Crippen LogP contribution in [0.5, 0.6) is 5.75 Å². The molecule has 2 aromatic rings. The van der Waals surface area contributed by atoms with Crippen LogP contribution in [0.4, 0.5) is 0 Å². The molecule has 8 heteroatoms. The minimum absolute atomic E-state index is 0.0782. The zero-order chi connectivity index (χ0) is 18.9. The summed E-state index contributed by atoms with van der Waals surface area (Å²) in [5.74, 6) is -1.13. The third-order valence-corrected chi connectivity index (χ3v) is 5.21. The van der Waals surface area contributed by atoms with E-state index in [1.54, 1.807) is 12.3 Å². The number of carbonyl (C=O) groups is 2. The molecule has 26 heavy (non-hydrogen) atoms. The Labute approximate surface area is 160 Å². The molecule has 0 saturated heterocycles. The van der Waals surface area contributed by atoms with E-state index in [1.165, 1.54) is 23.1 Å². The van der Waals surface area contributed by atoms with Gasteiger partial charge in [0.1, 0.15) is 10.8 Å². The number of aromatic nitrogens is 1. The van der Waals surface area contributed by atoms with Crippen LogP contribution in [0.1, 0.15) is 23.5 Å². The van der Waals surface area contributed by atoms with E-state index < -0.39 is 24.3 Å². The molecule has 1 aromatic heterocycles. The van der Waals surface area contributed by atoms with Crippen molar-refractivity contribution < 1.29 is 19.1 Å². The largest absolute Gasteiger partial charge is 0.494 e. The van der Waals surface area contributed by atoms with E-state index in [0.29, 0.717) is 11.6 Å². The van der Waals surface area contributed by atoms with Crippen LogP contribution >= 0.6 is 23.1 Å². The summed E-state index contributed by atoms with van der Waals surface area (Å²) in [6.45, 7) is 3.86. The average Bonchev–Trinajstić information content (AvgIpc) is 3.06. The predicted molar refractivity (Wildman–Crippen MR) is 99.5 cm³/mol. The summed E-state index contributed by atoms with van der Waals surface area (Å²) in [6, 6.07) is 9.28. The first-order valence-corrected chi connectivity index (χ1v) is 9.75. The highest BCUT2D eigenvalue weighted by molar-refractivity contribution is 8.00. The van der Waals surface area contributed by atoms with Crippen LogP contribution in [0.3, 0.4) is 0 Å². The smallest absolute Gasteiger partial charge is 0.316 e. The number of aryl methyl sites for hydroxylation is 1. The third kappa shape index (κ3) is 5.86. The maximum atomic E-state index is 12.1. The number of nitriles is 1. The highest BCUT2D eigenvalue weighted by Gasteiger charge is 2.24.